The van der Waals surface area contributed by atoms with Gasteiger partial charge in [0.25, 0.3) is 6.29 Å². The molecule has 1 saturated heterocycles. The third kappa shape index (κ3) is 3.07. The highest BCUT2D eigenvalue weighted by molar-refractivity contribution is 5.89. The number of ether oxygens (including phenoxy) is 2. The number of esters is 1. The first-order chi connectivity index (χ1) is 9.51. The van der Waals surface area contributed by atoms with Gasteiger partial charge in [-0.3, -0.25) is 9.69 Å². The first kappa shape index (κ1) is 14.3. The molecule has 108 valence electrons. The Morgan fingerprint density at radius 2 is 2.35 bits per heavy atom. The van der Waals surface area contributed by atoms with Crippen LogP contribution < -0.4 is 4.90 Å². The predicted molar refractivity (Wildman–Crippen MR) is 69.6 cm³/mol. The monoisotopic (exact) mass is 281 g/mol. The second-order valence-electron chi connectivity index (χ2n) is 4.65. The number of hydrogen-bond acceptors (Lipinski definition) is 4. The van der Waals surface area contributed by atoms with Crippen LogP contribution in [0.3, 0.4) is 0 Å². The Hall–Kier alpha value is -2.11. The topological polar surface area (TPSA) is 55.8 Å². The molecular formula is C14H16FNO4. The van der Waals surface area contributed by atoms with Crippen LogP contribution in [0.5, 0.6) is 0 Å². The van der Waals surface area contributed by atoms with E-state index < -0.39 is 24.2 Å². The lowest BCUT2D eigenvalue weighted by atomic mass is 10.1. The minimum atomic E-state index is -0.952. The summed E-state index contributed by atoms with van der Waals surface area (Å²) < 4.78 is 23.2. The van der Waals surface area contributed by atoms with Gasteiger partial charge in [0.2, 0.25) is 0 Å². The summed E-state index contributed by atoms with van der Waals surface area (Å²) in [4.78, 5) is 24.6. The Bertz CT molecular complexity index is 520. The van der Waals surface area contributed by atoms with Crippen LogP contribution in [0.15, 0.2) is 24.3 Å². The van der Waals surface area contributed by atoms with E-state index in [9.17, 15) is 14.0 Å². The molecule has 6 heteroatoms. The smallest absolute Gasteiger partial charge is 0.417 e. The minimum Gasteiger partial charge on any atom is -0.423 e. The minimum absolute atomic E-state index is 0.0600. The summed E-state index contributed by atoms with van der Waals surface area (Å²) in [7, 11) is 0. The summed E-state index contributed by atoms with van der Waals surface area (Å²) in [6.45, 7) is 3.67. The quantitative estimate of drug-likeness (QED) is 0.796. The first-order valence-corrected chi connectivity index (χ1v) is 6.45. The third-order valence-corrected chi connectivity index (χ3v) is 3.17. The molecule has 1 fully saturated rings. The maximum absolute atomic E-state index is 13.1. The fraction of sp³-hybridized carbons (Fsp3) is 0.429. The maximum Gasteiger partial charge on any atom is 0.417 e. The van der Waals surface area contributed by atoms with E-state index in [0.717, 1.165) is 0 Å². The van der Waals surface area contributed by atoms with E-state index in [0.29, 0.717) is 12.1 Å². The molecule has 0 aromatic heterocycles. The molecule has 2 unspecified atom stereocenters. The van der Waals surface area contributed by atoms with E-state index in [1.807, 2.05) is 6.92 Å². The van der Waals surface area contributed by atoms with Gasteiger partial charge in [0.05, 0.1) is 11.6 Å². The Balaban J connectivity index is 2.02. The molecule has 2 atom stereocenters. The number of benzene rings is 1. The Morgan fingerprint density at radius 3 is 3.00 bits per heavy atom. The zero-order valence-corrected chi connectivity index (χ0v) is 11.3. The van der Waals surface area contributed by atoms with Crippen molar-refractivity contribution >= 4 is 17.7 Å². The average molecular weight is 281 g/mol. The molecule has 0 radical (unpaired) electrons. The Morgan fingerprint density at radius 1 is 1.60 bits per heavy atom. The molecule has 5 nitrogen and oxygen atoms in total. The van der Waals surface area contributed by atoms with Crippen molar-refractivity contribution in [3.63, 3.8) is 0 Å². The molecule has 1 aliphatic heterocycles. The van der Waals surface area contributed by atoms with Crippen LogP contribution in [0.25, 0.3) is 0 Å². The van der Waals surface area contributed by atoms with Crippen molar-refractivity contribution in [2.45, 2.75) is 26.6 Å². The van der Waals surface area contributed by atoms with Gasteiger partial charge in [-0.25, -0.2) is 9.18 Å². The molecule has 1 aromatic carbocycles. The van der Waals surface area contributed by atoms with Gasteiger partial charge in [-0.05, 0) is 24.6 Å². The van der Waals surface area contributed by atoms with E-state index in [1.165, 1.54) is 23.1 Å². The lowest BCUT2D eigenvalue weighted by molar-refractivity contribution is -0.166. The number of carbonyl (C=O) groups excluding carboxylic acids is 2. The van der Waals surface area contributed by atoms with Gasteiger partial charge < -0.3 is 9.47 Å². The molecule has 0 bridgehead atoms. The zero-order chi connectivity index (χ0) is 14.7. The van der Waals surface area contributed by atoms with Gasteiger partial charge >= 0.3 is 12.1 Å². The van der Waals surface area contributed by atoms with E-state index in [-0.39, 0.29) is 12.5 Å². The second kappa shape index (κ2) is 5.90. The fourth-order valence-corrected chi connectivity index (χ4v) is 1.77. The van der Waals surface area contributed by atoms with E-state index >= 15 is 0 Å². The first-order valence-electron chi connectivity index (χ1n) is 6.45. The number of carbonyl (C=O) groups is 2. The van der Waals surface area contributed by atoms with Gasteiger partial charge in [-0.2, -0.15) is 0 Å². The standard InChI is InChI=1S/C14H16FNO4/c1-3-9(2)13(17)19-12-8-16(14(18)20-12)11-6-4-5-10(15)7-11/h4-7,9,12H,3,8H2,1-2H3. The average Bonchev–Trinajstić information content (AvgIpc) is 2.78. The summed E-state index contributed by atoms with van der Waals surface area (Å²) in [5.41, 5.74) is 0.372. The van der Waals surface area contributed by atoms with Crippen LogP contribution in [0.1, 0.15) is 20.3 Å². The summed E-state index contributed by atoms with van der Waals surface area (Å²) in [6.07, 6.45) is -0.961. The van der Waals surface area contributed by atoms with Gasteiger partial charge in [0.1, 0.15) is 12.4 Å². The molecule has 0 saturated carbocycles. The molecule has 1 heterocycles. The molecule has 1 aromatic rings. The number of hydrogen-bond donors (Lipinski definition) is 0. The van der Waals surface area contributed by atoms with Crippen molar-refractivity contribution in [3.8, 4) is 0 Å². The largest absolute Gasteiger partial charge is 0.423 e. The number of rotatable bonds is 4. The predicted octanol–water partition coefficient (Wildman–Crippen LogP) is 2.70. The zero-order valence-electron chi connectivity index (χ0n) is 11.3. The van der Waals surface area contributed by atoms with Crippen molar-refractivity contribution in [1.82, 2.24) is 0 Å². The fourth-order valence-electron chi connectivity index (χ4n) is 1.77. The SMILES string of the molecule is CCC(C)C(=O)OC1CN(c2cccc(F)c2)C(=O)O1. The Kier molecular flexibility index (Phi) is 4.22. The molecular weight excluding hydrogens is 265 g/mol. The van der Waals surface area contributed by atoms with Crippen LogP contribution in [-0.4, -0.2) is 24.9 Å². The van der Waals surface area contributed by atoms with E-state index in [1.54, 1.807) is 13.0 Å². The number of anilines is 1. The highest BCUT2D eigenvalue weighted by Gasteiger charge is 2.35. The third-order valence-electron chi connectivity index (χ3n) is 3.17. The van der Waals surface area contributed by atoms with Crippen LogP contribution in [0.2, 0.25) is 0 Å². The summed E-state index contributed by atoms with van der Waals surface area (Å²) >= 11 is 0. The number of halogens is 1. The summed E-state index contributed by atoms with van der Waals surface area (Å²) in [5.74, 6) is -1.11. The molecule has 0 spiro atoms. The lowest BCUT2D eigenvalue weighted by Gasteiger charge is -2.14. The van der Waals surface area contributed by atoms with Crippen molar-refractivity contribution in [2.24, 2.45) is 5.92 Å². The van der Waals surface area contributed by atoms with Crippen LogP contribution in [0.4, 0.5) is 14.9 Å². The summed E-state index contributed by atoms with van der Waals surface area (Å²) in [6, 6.07) is 5.59. The van der Waals surface area contributed by atoms with Gasteiger partial charge in [-0.1, -0.05) is 19.9 Å². The normalized spacial score (nSPS) is 19.6. The van der Waals surface area contributed by atoms with Crippen LogP contribution >= 0.6 is 0 Å². The van der Waals surface area contributed by atoms with Crippen molar-refractivity contribution in [2.75, 3.05) is 11.4 Å². The molecule has 20 heavy (non-hydrogen) atoms. The van der Waals surface area contributed by atoms with Crippen molar-refractivity contribution in [3.05, 3.63) is 30.1 Å². The summed E-state index contributed by atoms with van der Waals surface area (Å²) in [5, 5.41) is 0. The highest BCUT2D eigenvalue weighted by Crippen LogP contribution is 2.23. The van der Waals surface area contributed by atoms with Crippen molar-refractivity contribution in [1.29, 1.82) is 0 Å². The maximum atomic E-state index is 13.1. The molecule has 0 aliphatic carbocycles. The van der Waals surface area contributed by atoms with E-state index in [2.05, 4.69) is 0 Å². The molecule has 1 aliphatic rings. The second-order valence-corrected chi connectivity index (χ2v) is 4.65. The Labute approximate surface area is 116 Å². The van der Waals surface area contributed by atoms with Gasteiger partial charge in [0, 0.05) is 0 Å². The number of cyclic esters (lactones) is 1. The molecule has 1 amide bonds. The number of nitrogens with zero attached hydrogens (tertiary/aromatic N) is 1. The van der Waals surface area contributed by atoms with Gasteiger partial charge in [0.15, 0.2) is 0 Å². The lowest BCUT2D eigenvalue weighted by Crippen LogP contribution is -2.27. The van der Waals surface area contributed by atoms with E-state index in [4.69, 9.17) is 9.47 Å². The highest BCUT2D eigenvalue weighted by atomic mass is 19.1. The van der Waals surface area contributed by atoms with Crippen molar-refractivity contribution < 1.29 is 23.5 Å². The number of amides is 1. The van der Waals surface area contributed by atoms with Crippen LogP contribution in [-0.2, 0) is 14.3 Å². The molecule has 0 N–H and O–H groups in total. The van der Waals surface area contributed by atoms with Gasteiger partial charge in [-0.15, -0.1) is 0 Å². The molecule has 2 rings (SSSR count). The van der Waals surface area contributed by atoms with Crippen LogP contribution in [0, 0.1) is 11.7 Å².